The summed E-state index contributed by atoms with van der Waals surface area (Å²) in [5, 5.41) is 11.9. The molecule has 5 nitrogen and oxygen atoms in total. The molecule has 5 heteroatoms. The Kier molecular flexibility index (Phi) is 9.26. The van der Waals surface area contributed by atoms with Crippen molar-refractivity contribution < 1.29 is 14.7 Å². The van der Waals surface area contributed by atoms with E-state index < -0.39 is 12.0 Å². The Bertz CT molecular complexity index is 333. The molecule has 0 aromatic carbocycles. The number of hydrogen-bond acceptors (Lipinski definition) is 3. The van der Waals surface area contributed by atoms with Crippen molar-refractivity contribution in [2.75, 3.05) is 0 Å². The number of carbonyl (C=O) groups is 2. The molecule has 0 aliphatic heterocycles. The van der Waals surface area contributed by atoms with E-state index >= 15 is 0 Å². The van der Waals surface area contributed by atoms with Gasteiger partial charge in [0.25, 0.3) is 0 Å². The van der Waals surface area contributed by atoms with Gasteiger partial charge in [-0.05, 0) is 17.8 Å². The molecule has 5 atom stereocenters. The molecule has 0 aliphatic carbocycles. The Morgan fingerprint density at radius 1 is 1.14 bits per heavy atom. The molecule has 0 radical (unpaired) electrons. The summed E-state index contributed by atoms with van der Waals surface area (Å²) in [5.41, 5.74) is 5.93. The van der Waals surface area contributed by atoms with E-state index in [9.17, 15) is 9.59 Å². The summed E-state index contributed by atoms with van der Waals surface area (Å²) in [6.07, 6.45) is 2.82. The van der Waals surface area contributed by atoms with Gasteiger partial charge >= 0.3 is 5.97 Å². The van der Waals surface area contributed by atoms with Crippen LogP contribution in [0, 0.1) is 17.8 Å². The number of carboxylic acids is 1. The van der Waals surface area contributed by atoms with E-state index in [1.807, 2.05) is 20.8 Å². The van der Waals surface area contributed by atoms with Gasteiger partial charge in [0.1, 0.15) is 0 Å². The first-order chi connectivity index (χ1) is 9.74. The molecule has 21 heavy (non-hydrogen) atoms. The van der Waals surface area contributed by atoms with Crippen LogP contribution in [0.1, 0.15) is 60.3 Å². The van der Waals surface area contributed by atoms with Crippen LogP contribution < -0.4 is 11.1 Å². The fraction of sp³-hybridized carbons (Fsp3) is 0.875. The van der Waals surface area contributed by atoms with E-state index in [4.69, 9.17) is 10.8 Å². The summed E-state index contributed by atoms with van der Waals surface area (Å²) in [5.74, 6) is -0.591. The highest BCUT2D eigenvalue weighted by Crippen LogP contribution is 2.22. The first-order valence-electron chi connectivity index (χ1n) is 8.02. The van der Waals surface area contributed by atoms with Crippen molar-refractivity contribution in [3.8, 4) is 0 Å². The molecule has 0 rings (SSSR count). The molecule has 4 N–H and O–H groups in total. The van der Waals surface area contributed by atoms with Crippen molar-refractivity contribution in [3.05, 3.63) is 0 Å². The number of nitrogens with two attached hydrogens (primary N) is 1. The molecule has 0 aromatic rings. The number of amides is 1. The van der Waals surface area contributed by atoms with Crippen LogP contribution in [0.4, 0.5) is 0 Å². The number of aliphatic carboxylic acids is 1. The van der Waals surface area contributed by atoms with Gasteiger partial charge in [0.15, 0.2) is 0 Å². The van der Waals surface area contributed by atoms with E-state index in [2.05, 4.69) is 19.2 Å². The molecule has 0 aliphatic rings. The van der Waals surface area contributed by atoms with Gasteiger partial charge in [-0.2, -0.15) is 0 Å². The van der Waals surface area contributed by atoms with Gasteiger partial charge in [0.05, 0.1) is 12.5 Å². The van der Waals surface area contributed by atoms with Crippen molar-refractivity contribution in [3.63, 3.8) is 0 Å². The van der Waals surface area contributed by atoms with Crippen LogP contribution in [0.25, 0.3) is 0 Å². The molecular weight excluding hydrogens is 268 g/mol. The predicted molar refractivity (Wildman–Crippen MR) is 84.8 cm³/mol. The maximum absolute atomic E-state index is 12.2. The third kappa shape index (κ3) is 6.93. The molecule has 0 heterocycles. The second-order valence-corrected chi connectivity index (χ2v) is 6.25. The summed E-state index contributed by atoms with van der Waals surface area (Å²) in [4.78, 5) is 23.2. The maximum atomic E-state index is 12.2. The molecule has 0 aromatic heterocycles. The topological polar surface area (TPSA) is 92.4 Å². The average molecular weight is 300 g/mol. The van der Waals surface area contributed by atoms with E-state index in [0.29, 0.717) is 5.92 Å². The van der Waals surface area contributed by atoms with Crippen LogP contribution >= 0.6 is 0 Å². The second kappa shape index (κ2) is 9.77. The van der Waals surface area contributed by atoms with Gasteiger partial charge in [-0.25, -0.2) is 0 Å². The smallest absolute Gasteiger partial charge is 0.305 e. The van der Waals surface area contributed by atoms with E-state index in [-0.39, 0.29) is 30.2 Å². The molecule has 4 unspecified atom stereocenters. The Morgan fingerprint density at radius 3 is 2.14 bits per heavy atom. The Labute approximate surface area is 128 Å². The lowest BCUT2D eigenvalue weighted by Crippen LogP contribution is -2.51. The zero-order valence-corrected chi connectivity index (χ0v) is 14.1. The summed E-state index contributed by atoms with van der Waals surface area (Å²) >= 11 is 0. The van der Waals surface area contributed by atoms with Crippen LogP contribution in [0.3, 0.4) is 0 Å². The molecule has 0 fully saturated rings. The highest BCUT2D eigenvalue weighted by Gasteiger charge is 2.29. The molecular formula is C16H32N2O3. The van der Waals surface area contributed by atoms with Crippen molar-refractivity contribution in [1.82, 2.24) is 5.32 Å². The highest BCUT2D eigenvalue weighted by atomic mass is 16.4. The molecule has 1 amide bonds. The Balaban J connectivity index is 4.83. The second-order valence-electron chi connectivity index (χ2n) is 6.25. The van der Waals surface area contributed by atoms with E-state index in [1.165, 1.54) is 0 Å². The number of nitrogens with one attached hydrogen (secondary N) is 1. The standard InChI is InChI=1S/C16H32N2O3/c1-6-8-11(4)12(5)13(9-14(19)20)18-16(21)15(17)10(3)7-2/h10-13,15H,6-9,17H2,1-5H3,(H,18,21)(H,19,20)/t10?,11?,12?,13?,15-/m0/s1. The first kappa shape index (κ1) is 19.9. The highest BCUT2D eigenvalue weighted by molar-refractivity contribution is 5.82. The van der Waals surface area contributed by atoms with E-state index in [0.717, 1.165) is 19.3 Å². The van der Waals surface area contributed by atoms with Crippen molar-refractivity contribution in [1.29, 1.82) is 0 Å². The Morgan fingerprint density at radius 2 is 1.71 bits per heavy atom. The molecule has 0 saturated carbocycles. The zero-order valence-electron chi connectivity index (χ0n) is 14.1. The first-order valence-corrected chi connectivity index (χ1v) is 8.02. The Hall–Kier alpha value is -1.10. The zero-order chi connectivity index (χ0) is 16.6. The minimum Gasteiger partial charge on any atom is -0.481 e. The van der Waals surface area contributed by atoms with Crippen molar-refractivity contribution >= 4 is 11.9 Å². The van der Waals surface area contributed by atoms with Crippen LogP contribution in [0.15, 0.2) is 0 Å². The van der Waals surface area contributed by atoms with Gasteiger partial charge in [0.2, 0.25) is 5.91 Å². The molecule has 0 saturated heterocycles. The fourth-order valence-electron chi connectivity index (χ4n) is 2.46. The quantitative estimate of drug-likeness (QED) is 0.577. The van der Waals surface area contributed by atoms with Gasteiger partial charge in [-0.3, -0.25) is 9.59 Å². The SMILES string of the molecule is CCCC(C)C(C)C(CC(=O)O)NC(=O)[C@@H](N)C(C)CC. The number of rotatable bonds is 10. The lowest BCUT2D eigenvalue weighted by molar-refractivity contribution is -0.138. The number of carboxylic acid groups (broad SMARTS) is 1. The van der Waals surface area contributed by atoms with Crippen LogP contribution in [-0.2, 0) is 9.59 Å². The van der Waals surface area contributed by atoms with Crippen LogP contribution in [0.2, 0.25) is 0 Å². The maximum Gasteiger partial charge on any atom is 0.305 e. The number of hydrogen-bond donors (Lipinski definition) is 3. The fourth-order valence-corrected chi connectivity index (χ4v) is 2.46. The molecule has 124 valence electrons. The third-order valence-electron chi connectivity index (χ3n) is 4.56. The van der Waals surface area contributed by atoms with Gasteiger partial charge in [-0.1, -0.05) is 53.9 Å². The van der Waals surface area contributed by atoms with Crippen LogP contribution in [0.5, 0.6) is 0 Å². The summed E-state index contributed by atoms with van der Waals surface area (Å²) in [7, 11) is 0. The minimum absolute atomic E-state index is 0.0613. The normalized spacial score (nSPS) is 18.4. The van der Waals surface area contributed by atoms with Gasteiger partial charge in [0, 0.05) is 6.04 Å². The summed E-state index contributed by atoms with van der Waals surface area (Å²) in [6, 6.07) is -0.952. The molecule has 0 bridgehead atoms. The summed E-state index contributed by atoms with van der Waals surface area (Å²) in [6.45, 7) is 10.1. The van der Waals surface area contributed by atoms with Crippen molar-refractivity contribution in [2.24, 2.45) is 23.5 Å². The summed E-state index contributed by atoms with van der Waals surface area (Å²) < 4.78 is 0. The average Bonchev–Trinajstić information content (AvgIpc) is 2.43. The monoisotopic (exact) mass is 300 g/mol. The lowest BCUT2D eigenvalue weighted by atomic mass is 9.84. The van der Waals surface area contributed by atoms with Crippen LogP contribution in [-0.4, -0.2) is 29.1 Å². The van der Waals surface area contributed by atoms with Crippen molar-refractivity contribution in [2.45, 2.75) is 72.4 Å². The van der Waals surface area contributed by atoms with E-state index in [1.54, 1.807) is 0 Å². The third-order valence-corrected chi connectivity index (χ3v) is 4.56. The molecule has 0 spiro atoms. The predicted octanol–water partition coefficient (Wildman–Crippen LogP) is 2.39. The van der Waals surface area contributed by atoms with Gasteiger partial charge < -0.3 is 16.2 Å². The number of carbonyl (C=O) groups excluding carboxylic acids is 1. The lowest BCUT2D eigenvalue weighted by Gasteiger charge is -2.30. The minimum atomic E-state index is -0.895. The largest absolute Gasteiger partial charge is 0.481 e. The van der Waals surface area contributed by atoms with Gasteiger partial charge in [-0.15, -0.1) is 0 Å².